The monoisotopic (exact) mass is 172 g/mol. The molecule has 0 nitrogen and oxygen atoms in total. The van der Waals surface area contributed by atoms with Gasteiger partial charge in [0.2, 0.25) is 0 Å². The maximum atomic E-state index is 2.37. The van der Waals surface area contributed by atoms with E-state index in [-0.39, 0.29) is 0 Å². The van der Waals surface area contributed by atoms with Gasteiger partial charge in [0.1, 0.15) is 0 Å². The van der Waals surface area contributed by atoms with E-state index < -0.39 is 0 Å². The van der Waals surface area contributed by atoms with E-state index in [1.165, 1.54) is 35.1 Å². The van der Waals surface area contributed by atoms with Crippen molar-refractivity contribution < 1.29 is 0 Å². The van der Waals surface area contributed by atoms with E-state index in [0.29, 0.717) is 0 Å². The summed E-state index contributed by atoms with van der Waals surface area (Å²) in [6.07, 6.45) is 12.8. The van der Waals surface area contributed by atoms with Crippen LogP contribution in [0.3, 0.4) is 0 Å². The van der Waals surface area contributed by atoms with Crippen LogP contribution in [-0.4, -0.2) is 0 Å². The molecule has 0 aromatic carbocycles. The summed E-state index contributed by atoms with van der Waals surface area (Å²) in [5.74, 6) is 0. The first-order valence-electron chi connectivity index (χ1n) is 5.01. The molecule has 2 rings (SSSR count). The van der Waals surface area contributed by atoms with Crippen LogP contribution in [0.25, 0.3) is 0 Å². The van der Waals surface area contributed by atoms with E-state index in [4.69, 9.17) is 0 Å². The summed E-state index contributed by atoms with van der Waals surface area (Å²) in [4.78, 5) is 0. The van der Waals surface area contributed by atoms with E-state index >= 15 is 0 Å². The highest BCUT2D eigenvalue weighted by atomic mass is 14.2. The zero-order valence-electron chi connectivity index (χ0n) is 8.43. The highest BCUT2D eigenvalue weighted by Gasteiger charge is 2.10. The van der Waals surface area contributed by atoms with Crippen molar-refractivity contribution in [1.29, 1.82) is 0 Å². The third-order valence-corrected chi connectivity index (χ3v) is 2.79. The second-order valence-corrected chi connectivity index (χ2v) is 3.96. The molecule has 13 heavy (non-hydrogen) atoms. The Morgan fingerprint density at radius 3 is 2.92 bits per heavy atom. The summed E-state index contributed by atoms with van der Waals surface area (Å²) in [6.45, 7) is 4.44. The van der Waals surface area contributed by atoms with Gasteiger partial charge in [-0.2, -0.15) is 0 Å². The fourth-order valence-electron chi connectivity index (χ4n) is 2.00. The second-order valence-electron chi connectivity index (χ2n) is 3.96. The molecular weight excluding hydrogens is 156 g/mol. The maximum Gasteiger partial charge on any atom is -0.0132 e. The molecule has 0 saturated carbocycles. The fourth-order valence-corrected chi connectivity index (χ4v) is 2.00. The van der Waals surface area contributed by atoms with Gasteiger partial charge in [-0.1, -0.05) is 29.9 Å². The maximum absolute atomic E-state index is 2.37. The van der Waals surface area contributed by atoms with Gasteiger partial charge < -0.3 is 0 Å². The average molecular weight is 172 g/mol. The summed E-state index contributed by atoms with van der Waals surface area (Å²) in [5, 5.41) is 0. The molecule has 0 aliphatic heterocycles. The summed E-state index contributed by atoms with van der Waals surface area (Å²) in [5.41, 5.74) is 5.92. The van der Waals surface area contributed by atoms with Crippen LogP contribution in [0, 0.1) is 0 Å². The molecule has 0 radical (unpaired) electrons. The number of allylic oxidation sites excluding steroid dienone is 8. The molecule has 0 atom stereocenters. The Morgan fingerprint density at radius 2 is 2.08 bits per heavy atom. The zero-order valence-corrected chi connectivity index (χ0v) is 8.43. The molecule has 2 aliphatic rings. The molecule has 0 saturated heterocycles. The summed E-state index contributed by atoms with van der Waals surface area (Å²) in [7, 11) is 0. The van der Waals surface area contributed by atoms with Gasteiger partial charge in [0.25, 0.3) is 0 Å². The summed E-state index contributed by atoms with van der Waals surface area (Å²) in [6, 6.07) is 0. The predicted molar refractivity (Wildman–Crippen MR) is 57.5 cm³/mol. The number of hydrogen-bond acceptors (Lipinski definition) is 0. The quantitative estimate of drug-likeness (QED) is 0.519. The topological polar surface area (TPSA) is 0 Å². The zero-order chi connectivity index (χ0) is 9.26. The SMILES string of the molecule is CC1=CC2=C(C=CCC2)C(C)=CC1. The molecule has 0 unspecified atom stereocenters. The standard InChI is InChI=1S/C13H16/c1-10-7-8-11(2)13-6-4-3-5-12(13)9-10/h4,6,8-9H,3,5,7H2,1-2H3. The smallest absolute Gasteiger partial charge is 0.0132 e. The normalized spacial score (nSPS) is 22.0. The minimum Gasteiger partial charge on any atom is -0.0836 e. The van der Waals surface area contributed by atoms with E-state index in [1.807, 2.05) is 0 Å². The summed E-state index contributed by atoms with van der Waals surface area (Å²) >= 11 is 0. The van der Waals surface area contributed by atoms with Crippen molar-refractivity contribution in [2.24, 2.45) is 0 Å². The van der Waals surface area contributed by atoms with Gasteiger partial charge >= 0.3 is 0 Å². The molecule has 2 aliphatic carbocycles. The minimum atomic E-state index is 1.12. The van der Waals surface area contributed by atoms with Crippen LogP contribution in [-0.2, 0) is 0 Å². The number of rotatable bonds is 0. The van der Waals surface area contributed by atoms with E-state index in [1.54, 1.807) is 0 Å². The first-order chi connectivity index (χ1) is 6.27. The Bertz CT molecular complexity index is 335. The molecule has 0 bridgehead atoms. The fraction of sp³-hybridized carbons (Fsp3) is 0.385. The van der Waals surface area contributed by atoms with E-state index in [2.05, 4.69) is 38.2 Å². The predicted octanol–water partition coefficient (Wildman–Crippen LogP) is 3.93. The van der Waals surface area contributed by atoms with Gasteiger partial charge in [-0.05, 0) is 49.8 Å². The third kappa shape index (κ3) is 1.67. The lowest BCUT2D eigenvalue weighted by molar-refractivity contribution is 0.970. The van der Waals surface area contributed by atoms with Crippen LogP contribution >= 0.6 is 0 Å². The van der Waals surface area contributed by atoms with Crippen LogP contribution < -0.4 is 0 Å². The molecule has 0 heterocycles. The lowest BCUT2D eigenvalue weighted by Crippen LogP contribution is -1.93. The lowest BCUT2D eigenvalue weighted by Gasteiger charge is -2.12. The molecule has 68 valence electrons. The molecule has 0 amide bonds. The van der Waals surface area contributed by atoms with Gasteiger partial charge in [0.15, 0.2) is 0 Å². The molecule has 0 aromatic rings. The van der Waals surface area contributed by atoms with Gasteiger partial charge in [-0.3, -0.25) is 0 Å². The van der Waals surface area contributed by atoms with Gasteiger partial charge in [-0.25, -0.2) is 0 Å². The van der Waals surface area contributed by atoms with Gasteiger partial charge in [0, 0.05) is 0 Å². The van der Waals surface area contributed by atoms with Crippen LogP contribution in [0.5, 0.6) is 0 Å². The van der Waals surface area contributed by atoms with Crippen molar-refractivity contribution in [3.05, 3.63) is 46.6 Å². The Balaban J connectivity index is 2.48. The largest absolute Gasteiger partial charge is 0.0836 e. The molecule has 0 aromatic heterocycles. The van der Waals surface area contributed by atoms with E-state index in [9.17, 15) is 0 Å². The van der Waals surface area contributed by atoms with Gasteiger partial charge in [-0.15, -0.1) is 0 Å². The van der Waals surface area contributed by atoms with Crippen LogP contribution in [0.4, 0.5) is 0 Å². The van der Waals surface area contributed by atoms with Crippen LogP contribution in [0.15, 0.2) is 46.6 Å². The third-order valence-electron chi connectivity index (χ3n) is 2.79. The minimum absolute atomic E-state index is 1.12. The number of hydrogen-bond donors (Lipinski definition) is 0. The highest BCUT2D eigenvalue weighted by Crippen LogP contribution is 2.29. The molecule has 0 spiro atoms. The van der Waals surface area contributed by atoms with Crippen molar-refractivity contribution in [3.8, 4) is 0 Å². The Labute approximate surface area is 80.3 Å². The molecule has 0 fully saturated rings. The highest BCUT2D eigenvalue weighted by molar-refractivity contribution is 5.50. The Kier molecular flexibility index (Phi) is 2.22. The van der Waals surface area contributed by atoms with Crippen molar-refractivity contribution in [2.45, 2.75) is 33.1 Å². The van der Waals surface area contributed by atoms with Crippen LogP contribution in [0.1, 0.15) is 33.1 Å². The first kappa shape index (κ1) is 8.55. The van der Waals surface area contributed by atoms with Crippen LogP contribution in [0.2, 0.25) is 0 Å². The average Bonchev–Trinajstić information content (AvgIpc) is 2.27. The van der Waals surface area contributed by atoms with E-state index in [0.717, 1.165) is 6.42 Å². The van der Waals surface area contributed by atoms with Crippen molar-refractivity contribution in [1.82, 2.24) is 0 Å². The molecule has 0 heteroatoms. The molecule has 0 N–H and O–H groups in total. The van der Waals surface area contributed by atoms with Crippen molar-refractivity contribution in [2.75, 3.05) is 0 Å². The Hall–Kier alpha value is -1.04. The Morgan fingerprint density at radius 1 is 1.23 bits per heavy atom. The second kappa shape index (κ2) is 3.37. The molecular formula is C13H16. The lowest BCUT2D eigenvalue weighted by atomic mass is 9.93. The van der Waals surface area contributed by atoms with Gasteiger partial charge in [0.05, 0.1) is 0 Å². The van der Waals surface area contributed by atoms with Crippen molar-refractivity contribution >= 4 is 0 Å². The van der Waals surface area contributed by atoms with Crippen molar-refractivity contribution in [3.63, 3.8) is 0 Å². The first-order valence-corrected chi connectivity index (χ1v) is 5.01. The summed E-state index contributed by atoms with van der Waals surface area (Å²) < 4.78 is 0.